The van der Waals surface area contributed by atoms with Crippen molar-refractivity contribution in [3.63, 3.8) is 0 Å². The van der Waals surface area contributed by atoms with E-state index in [0.717, 1.165) is 56.1 Å². The average Bonchev–Trinajstić information content (AvgIpc) is 4.05. The molecule has 2 aliphatic rings. The van der Waals surface area contributed by atoms with Gasteiger partial charge in [0, 0.05) is 59.7 Å². The Balaban J connectivity index is 1.11. The van der Waals surface area contributed by atoms with Crippen LogP contribution in [0.25, 0.3) is 54.3 Å². The van der Waals surface area contributed by atoms with Gasteiger partial charge in [0.1, 0.15) is 5.58 Å². The van der Waals surface area contributed by atoms with Gasteiger partial charge in [0.25, 0.3) is 0 Å². The molecule has 0 bridgehead atoms. The van der Waals surface area contributed by atoms with E-state index in [4.69, 9.17) is 4.42 Å². The highest BCUT2D eigenvalue weighted by molar-refractivity contribution is 7.20. The van der Waals surface area contributed by atoms with Crippen molar-refractivity contribution in [2.75, 3.05) is 9.80 Å². The van der Waals surface area contributed by atoms with Crippen LogP contribution in [0.2, 0.25) is 0 Å². The molecule has 3 nitrogen and oxygen atoms in total. The summed E-state index contributed by atoms with van der Waals surface area (Å²) in [6, 6.07) is 79.5. The predicted octanol–water partition coefficient (Wildman–Crippen LogP) is 16.1. The maximum atomic E-state index is 6.73. The van der Waals surface area contributed by atoms with Crippen LogP contribution in [0.3, 0.4) is 0 Å². The lowest BCUT2D eigenvalue weighted by Crippen LogP contribution is -2.25. The molecule has 61 heavy (non-hydrogen) atoms. The molecule has 0 radical (unpaired) electrons. The van der Waals surface area contributed by atoms with Gasteiger partial charge in [-0.1, -0.05) is 140 Å². The second kappa shape index (κ2) is 13.2. The first-order valence-corrected chi connectivity index (χ1v) is 21.7. The first kappa shape index (κ1) is 34.2. The lowest BCUT2D eigenvalue weighted by molar-refractivity contribution is 0.669. The van der Waals surface area contributed by atoms with E-state index < -0.39 is 5.41 Å². The molecule has 1 spiro atoms. The molecule has 13 rings (SSSR count). The van der Waals surface area contributed by atoms with Crippen molar-refractivity contribution >= 4 is 77.5 Å². The molecule has 2 heterocycles. The van der Waals surface area contributed by atoms with E-state index in [2.05, 4.69) is 222 Å². The molecule has 0 aliphatic heterocycles. The molecule has 1 atom stereocenters. The molecule has 0 saturated heterocycles. The van der Waals surface area contributed by atoms with Gasteiger partial charge in [0.05, 0.1) is 11.1 Å². The fourth-order valence-electron chi connectivity index (χ4n) is 10.4. The molecule has 9 aromatic carbocycles. The summed E-state index contributed by atoms with van der Waals surface area (Å²) < 4.78 is 8.04. The minimum atomic E-state index is -0.570. The second-order valence-corrected chi connectivity index (χ2v) is 17.0. The van der Waals surface area contributed by atoms with E-state index in [1.165, 1.54) is 53.9 Å². The van der Waals surface area contributed by atoms with Crippen molar-refractivity contribution in [2.45, 2.75) is 5.41 Å². The highest BCUT2D eigenvalue weighted by atomic mass is 32.1. The summed E-state index contributed by atoms with van der Waals surface area (Å²) in [5.74, 6) is 0. The van der Waals surface area contributed by atoms with Crippen LogP contribution < -0.4 is 9.80 Å². The van der Waals surface area contributed by atoms with Crippen LogP contribution in [0.15, 0.2) is 223 Å². The quantitative estimate of drug-likeness (QED) is 0.167. The van der Waals surface area contributed by atoms with Crippen LogP contribution >= 0.6 is 11.3 Å². The molecule has 0 saturated carbocycles. The van der Waals surface area contributed by atoms with Gasteiger partial charge in [0.2, 0.25) is 0 Å². The number of furan rings is 1. The van der Waals surface area contributed by atoms with E-state index in [9.17, 15) is 0 Å². The zero-order valence-corrected chi connectivity index (χ0v) is 33.8. The fraction of sp³-hybridized carbons (Fsp3) is 0.0175. The molecule has 11 aromatic rings. The van der Waals surface area contributed by atoms with Crippen LogP contribution in [0.4, 0.5) is 34.1 Å². The maximum absolute atomic E-state index is 6.73. The number of rotatable bonds is 6. The Bertz CT molecular complexity index is 3460. The summed E-state index contributed by atoms with van der Waals surface area (Å²) in [6.45, 7) is 0. The third-order valence-electron chi connectivity index (χ3n) is 12.8. The molecule has 0 fully saturated rings. The molecule has 4 heteroatoms. The summed E-state index contributed by atoms with van der Waals surface area (Å²) in [5.41, 5.74) is 16.8. The monoisotopic (exact) mass is 796 g/mol. The van der Waals surface area contributed by atoms with Gasteiger partial charge in [0.15, 0.2) is 5.58 Å². The number of fused-ring (bicyclic) bond motifs is 15. The minimum absolute atomic E-state index is 0.570. The van der Waals surface area contributed by atoms with Crippen LogP contribution in [0.5, 0.6) is 0 Å². The number of hydrogen-bond donors (Lipinski definition) is 0. The smallest absolute Gasteiger partial charge is 0.159 e. The van der Waals surface area contributed by atoms with Gasteiger partial charge in [-0.05, 0) is 112 Å². The van der Waals surface area contributed by atoms with Crippen LogP contribution in [0.1, 0.15) is 21.6 Å². The van der Waals surface area contributed by atoms with Crippen LogP contribution in [-0.4, -0.2) is 0 Å². The number of nitrogens with zero attached hydrogens (tertiary/aromatic N) is 2. The topological polar surface area (TPSA) is 19.6 Å². The summed E-state index contributed by atoms with van der Waals surface area (Å²) in [6.07, 6.45) is 0. The number of benzene rings is 9. The Kier molecular flexibility index (Phi) is 7.39. The zero-order valence-electron chi connectivity index (χ0n) is 33.0. The van der Waals surface area contributed by atoms with Gasteiger partial charge < -0.3 is 14.2 Å². The van der Waals surface area contributed by atoms with Crippen LogP contribution in [0, 0.1) is 0 Å². The van der Waals surface area contributed by atoms with Gasteiger partial charge in [-0.3, -0.25) is 0 Å². The summed E-state index contributed by atoms with van der Waals surface area (Å²) in [4.78, 5) is 6.15. The van der Waals surface area contributed by atoms with Crippen molar-refractivity contribution in [3.8, 4) is 22.3 Å². The van der Waals surface area contributed by atoms with Crippen molar-refractivity contribution in [2.24, 2.45) is 0 Å². The number of thiophene rings is 1. The highest BCUT2D eigenvalue weighted by Crippen LogP contribution is 2.67. The average molecular weight is 797 g/mol. The molecule has 286 valence electrons. The third-order valence-corrected chi connectivity index (χ3v) is 14.1. The molecule has 0 amide bonds. The first-order chi connectivity index (χ1) is 30.3. The summed E-state index contributed by atoms with van der Waals surface area (Å²) in [7, 11) is 0. The first-order valence-electron chi connectivity index (χ1n) is 20.8. The maximum Gasteiger partial charge on any atom is 0.159 e. The Morgan fingerprint density at radius 3 is 1.66 bits per heavy atom. The molecule has 2 aromatic heterocycles. The van der Waals surface area contributed by atoms with E-state index in [1.807, 2.05) is 17.4 Å². The standard InChI is InChI=1S/C57H36N2OS/c1-4-17-37(18-5-1)58(38-19-6-2-7-20-38)40-32-34-46-50(35-40)57(56-54(46)47-25-12-15-30-53(47)61-56)48-27-13-10-23-42(48)43-33-31-41(36-49(43)57)59(39-21-8-3-9-22-39)51-28-16-26-45-44-24-11-14-29-52(44)60-55(45)51/h1-36H. The van der Waals surface area contributed by atoms with E-state index in [1.54, 1.807) is 0 Å². The molecular formula is C57H36N2OS. The van der Waals surface area contributed by atoms with Crippen molar-refractivity contribution in [1.82, 2.24) is 0 Å². The Hall–Kier alpha value is -7.66. The minimum Gasteiger partial charge on any atom is -0.454 e. The van der Waals surface area contributed by atoms with E-state index in [-0.39, 0.29) is 0 Å². The lowest BCUT2D eigenvalue weighted by Gasteiger charge is -2.32. The highest BCUT2D eigenvalue weighted by Gasteiger charge is 2.54. The Morgan fingerprint density at radius 2 is 0.918 bits per heavy atom. The SMILES string of the molecule is c1ccc(N(c2ccccc2)c2ccc3c(c2)C2(c4ccccc4-c4ccc(N(c5ccccc5)c5cccc6c5oc5ccccc56)cc42)c2sc4ccccc4c2-3)cc1. The van der Waals surface area contributed by atoms with Crippen molar-refractivity contribution < 1.29 is 4.42 Å². The Morgan fingerprint density at radius 1 is 0.377 bits per heavy atom. The predicted molar refractivity (Wildman–Crippen MR) is 255 cm³/mol. The normalized spacial score (nSPS) is 14.6. The van der Waals surface area contributed by atoms with Crippen molar-refractivity contribution in [1.29, 1.82) is 0 Å². The zero-order chi connectivity index (χ0) is 40.1. The number of hydrogen-bond acceptors (Lipinski definition) is 4. The number of anilines is 6. The molecule has 1 unspecified atom stereocenters. The van der Waals surface area contributed by atoms with Gasteiger partial charge >= 0.3 is 0 Å². The molecule has 0 N–H and O–H groups in total. The largest absolute Gasteiger partial charge is 0.454 e. The second-order valence-electron chi connectivity index (χ2n) is 16.0. The van der Waals surface area contributed by atoms with Gasteiger partial charge in [-0.25, -0.2) is 0 Å². The summed E-state index contributed by atoms with van der Waals surface area (Å²) in [5, 5.41) is 3.53. The van der Waals surface area contributed by atoms with E-state index >= 15 is 0 Å². The van der Waals surface area contributed by atoms with Crippen LogP contribution in [-0.2, 0) is 5.41 Å². The van der Waals surface area contributed by atoms with Crippen molar-refractivity contribution in [3.05, 3.63) is 240 Å². The third kappa shape index (κ3) is 4.85. The number of para-hydroxylation sites is 5. The Labute approximate surface area is 357 Å². The summed E-state index contributed by atoms with van der Waals surface area (Å²) >= 11 is 1.94. The van der Waals surface area contributed by atoms with E-state index in [0.29, 0.717) is 0 Å². The van der Waals surface area contributed by atoms with Gasteiger partial charge in [-0.2, -0.15) is 0 Å². The fourth-order valence-corrected chi connectivity index (χ4v) is 11.8. The lowest BCUT2D eigenvalue weighted by atomic mass is 9.73. The molecule has 2 aliphatic carbocycles. The van der Waals surface area contributed by atoms with Gasteiger partial charge in [-0.15, -0.1) is 11.3 Å². The molecular weight excluding hydrogens is 761 g/mol.